The van der Waals surface area contributed by atoms with E-state index in [1.54, 1.807) is 0 Å². The summed E-state index contributed by atoms with van der Waals surface area (Å²) >= 11 is 0. The highest BCUT2D eigenvalue weighted by molar-refractivity contribution is 5.51. The molecule has 3 aromatic carbocycles. The average Bonchev–Trinajstić information content (AvgIpc) is 2.63. The Morgan fingerprint density at radius 2 is 1.42 bits per heavy atom. The molecular formula is C24H24. The van der Waals surface area contributed by atoms with E-state index < -0.39 is 0 Å². The van der Waals surface area contributed by atoms with E-state index in [9.17, 15) is 0 Å². The highest BCUT2D eigenvalue weighted by Crippen LogP contribution is 2.14. The minimum absolute atomic E-state index is 0.987. The average molecular weight is 312 g/mol. The molecule has 0 heteroatoms. The molecular weight excluding hydrogens is 288 g/mol. The zero-order valence-electron chi connectivity index (χ0n) is 14.3. The number of hydrogen-bond donors (Lipinski definition) is 0. The smallest absolute Gasteiger partial charge is 0.00256 e. The number of hydrogen-bond acceptors (Lipinski definition) is 0. The zero-order chi connectivity index (χ0) is 16.6. The molecule has 3 aromatic rings. The molecule has 0 fully saturated rings. The third kappa shape index (κ3) is 4.45. The Labute approximate surface area is 145 Å². The molecule has 0 N–H and O–H groups in total. The fourth-order valence-corrected chi connectivity index (χ4v) is 3.06. The molecule has 0 nitrogen and oxygen atoms in total. The van der Waals surface area contributed by atoms with Crippen LogP contribution in [0.15, 0.2) is 84.9 Å². The highest BCUT2D eigenvalue weighted by atomic mass is 14.0. The van der Waals surface area contributed by atoms with Gasteiger partial charge in [0.1, 0.15) is 0 Å². The van der Waals surface area contributed by atoms with Gasteiger partial charge in [-0.2, -0.15) is 0 Å². The van der Waals surface area contributed by atoms with Gasteiger partial charge in [0, 0.05) is 0 Å². The Morgan fingerprint density at radius 1 is 0.708 bits per heavy atom. The van der Waals surface area contributed by atoms with Gasteiger partial charge in [0.25, 0.3) is 0 Å². The number of aryl methyl sites for hydroxylation is 1. The number of allylic oxidation sites excluding steroid dienone is 1. The minimum Gasteiger partial charge on any atom is -0.0795 e. The van der Waals surface area contributed by atoms with Gasteiger partial charge in [-0.05, 0) is 47.1 Å². The molecule has 0 aliphatic heterocycles. The summed E-state index contributed by atoms with van der Waals surface area (Å²) in [6.45, 7) is 2.22. The van der Waals surface area contributed by atoms with Crippen LogP contribution in [0, 0.1) is 0 Å². The van der Waals surface area contributed by atoms with Crippen LogP contribution in [-0.2, 0) is 19.3 Å². The highest BCUT2D eigenvalue weighted by Gasteiger charge is 1.98. The van der Waals surface area contributed by atoms with Crippen LogP contribution in [-0.4, -0.2) is 0 Å². The molecule has 3 rings (SSSR count). The van der Waals surface area contributed by atoms with Gasteiger partial charge >= 0.3 is 0 Å². The van der Waals surface area contributed by atoms with Crippen molar-refractivity contribution in [3.8, 4) is 0 Å². The van der Waals surface area contributed by atoms with E-state index in [1.807, 2.05) is 0 Å². The van der Waals surface area contributed by atoms with E-state index in [1.165, 1.54) is 27.8 Å². The predicted octanol–water partition coefficient (Wildman–Crippen LogP) is 6.10. The molecule has 0 atom stereocenters. The summed E-state index contributed by atoms with van der Waals surface area (Å²) in [5.41, 5.74) is 6.86. The molecule has 0 spiro atoms. The monoisotopic (exact) mass is 312 g/mol. The van der Waals surface area contributed by atoms with Crippen molar-refractivity contribution >= 4 is 6.08 Å². The molecule has 0 saturated heterocycles. The minimum atomic E-state index is 0.987. The molecule has 0 bridgehead atoms. The van der Waals surface area contributed by atoms with Crippen LogP contribution >= 0.6 is 0 Å². The largest absolute Gasteiger partial charge is 0.0795 e. The summed E-state index contributed by atoms with van der Waals surface area (Å²) in [5.74, 6) is 0. The SMILES string of the molecule is CCc1ccccc1C/C=C/c1cccc(Cc2ccccc2)c1. The number of rotatable bonds is 6. The van der Waals surface area contributed by atoms with Gasteiger partial charge in [-0.1, -0.05) is 97.9 Å². The fourth-order valence-electron chi connectivity index (χ4n) is 3.06. The van der Waals surface area contributed by atoms with Crippen LogP contribution in [0.1, 0.15) is 34.7 Å². The maximum atomic E-state index is 2.29. The molecule has 0 aliphatic rings. The van der Waals surface area contributed by atoms with Gasteiger partial charge in [0.05, 0.1) is 0 Å². The number of benzene rings is 3. The van der Waals surface area contributed by atoms with Crippen LogP contribution in [0.3, 0.4) is 0 Å². The Bertz CT molecular complexity index is 797. The van der Waals surface area contributed by atoms with Crippen LogP contribution in [0.25, 0.3) is 6.08 Å². The second kappa shape index (κ2) is 8.31. The van der Waals surface area contributed by atoms with Crippen LogP contribution in [0.2, 0.25) is 0 Å². The normalized spacial score (nSPS) is 11.0. The molecule has 0 aliphatic carbocycles. The van der Waals surface area contributed by atoms with E-state index in [4.69, 9.17) is 0 Å². The van der Waals surface area contributed by atoms with E-state index in [0.29, 0.717) is 0 Å². The van der Waals surface area contributed by atoms with Crippen molar-refractivity contribution in [3.05, 3.63) is 113 Å². The molecule has 0 aromatic heterocycles. The first-order valence-corrected chi connectivity index (χ1v) is 8.71. The van der Waals surface area contributed by atoms with Crippen molar-refractivity contribution in [2.24, 2.45) is 0 Å². The lowest BCUT2D eigenvalue weighted by Gasteiger charge is -2.05. The van der Waals surface area contributed by atoms with Crippen molar-refractivity contribution in [2.45, 2.75) is 26.2 Å². The van der Waals surface area contributed by atoms with E-state index in [0.717, 1.165) is 19.3 Å². The van der Waals surface area contributed by atoms with Crippen LogP contribution in [0.4, 0.5) is 0 Å². The van der Waals surface area contributed by atoms with Gasteiger partial charge in [0.15, 0.2) is 0 Å². The first kappa shape index (κ1) is 16.3. The molecule has 24 heavy (non-hydrogen) atoms. The third-order valence-electron chi connectivity index (χ3n) is 4.35. The standard InChI is InChI=1S/C24H24/c1-2-23-15-6-7-16-24(23)17-9-13-21-12-8-14-22(19-21)18-20-10-4-3-5-11-20/h3-16,19H,2,17-18H2,1H3/b13-9+. The molecule has 0 amide bonds. The van der Waals surface area contributed by atoms with Gasteiger partial charge in [0.2, 0.25) is 0 Å². The summed E-state index contributed by atoms with van der Waals surface area (Å²) in [7, 11) is 0. The van der Waals surface area contributed by atoms with Crippen molar-refractivity contribution in [3.63, 3.8) is 0 Å². The Balaban J connectivity index is 1.68. The van der Waals surface area contributed by atoms with Gasteiger partial charge in [-0.15, -0.1) is 0 Å². The van der Waals surface area contributed by atoms with Crippen molar-refractivity contribution in [2.75, 3.05) is 0 Å². The quantitative estimate of drug-likeness (QED) is 0.516. The van der Waals surface area contributed by atoms with E-state index in [2.05, 4.69) is 97.9 Å². The summed E-state index contributed by atoms with van der Waals surface area (Å²) in [6.07, 6.45) is 7.59. The molecule has 0 unspecified atom stereocenters. The predicted molar refractivity (Wildman–Crippen MR) is 104 cm³/mol. The Morgan fingerprint density at radius 3 is 2.21 bits per heavy atom. The lowest BCUT2D eigenvalue weighted by Crippen LogP contribution is -1.90. The lowest BCUT2D eigenvalue weighted by molar-refractivity contribution is 1.08. The zero-order valence-corrected chi connectivity index (χ0v) is 14.3. The van der Waals surface area contributed by atoms with E-state index in [-0.39, 0.29) is 0 Å². The fraction of sp³-hybridized carbons (Fsp3) is 0.167. The van der Waals surface area contributed by atoms with Crippen LogP contribution in [0.5, 0.6) is 0 Å². The van der Waals surface area contributed by atoms with Crippen molar-refractivity contribution < 1.29 is 0 Å². The van der Waals surface area contributed by atoms with Crippen LogP contribution < -0.4 is 0 Å². The van der Waals surface area contributed by atoms with Crippen molar-refractivity contribution in [1.29, 1.82) is 0 Å². The third-order valence-corrected chi connectivity index (χ3v) is 4.35. The molecule has 120 valence electrons. The molecule has 0 radical (unpaired) electrons. The van der Waals surface area contributed by atoms with E-state index >= 15 is 0 Å². The van der Waals surface area contributed by atoms with Gasteiger partial charge < -0.3 is 0 Å². The first-order chi connectivity index (χ1) is 11.8. The second-order valence-electron chi connectivity index (χ2n) is 6.14. The summed E-state index contributed by atoms with van der Waals surface area (Å²) < 4.78 is 0. The Kier molecular flexibility index (Phi) is 5.63. The summed E-state index contributed by atoms with van der Waals surface area (Å²) in [5, 5.41) is 0. The maximum Gasteiger partial charge on any atom is -0.00256 e. The second-order valence-corrected chi connectivity index (χ2v) is 6.14. The first-order valence-electron chi connectivity index (χ1n) is 8.71. The van der Waals surface area contributed by atoms with Gasteiger partial charge in [-0.3, -0.25) is 0 Å². The Hall–Kier alpha value is -2.60. The summed E-state index contributed by atoms with van der Waals surface area (Å²) in [6, 6.07) is 28.2. The van der Waals surface area contributed by atoms with Crippen molar-refractivity contribution in [1.82, 2.24) is 0 Å². The summed E-state index contributed by atoms with van der Waals surface area (Å²) in [4.78, 5) is 0. The van der Waals surface area contributed by atoms with Gasteiger partial charge in [-0.25, -0.2) is 0 Å². The lowest BCUT2D eigenvalue weighted by atomic mass is 10.0. The molecule has 0 saturated carbocycles. The molecule has 0 heterocycles. The topological polar surface area (TPSA) is 0 Å². The maximum absolute atomic E-state index is 2.29.